The van der Waals surface area contributed by atoms with Gasteiger partial charge in [-0.15, -0.1) is 0 Å². The lowest BCUT2D eigenvalue weighted by Crippen LogP contribution is -2.48. The normalized spacial score (nSPS) is 9.33. The summed E-state index contributed by atoms with van der Waals surface area (Å²) in [6, 6.07) is 0. The Hall–Kier alpha value is -5.34. The van der Waals surface area contributed by atoms with Crippen LogP contribution in [-0.2, 0) is 47.9 Å². The summed E-state index contributed by atoms with van der Waals surface area (Å²) in [5, 5.41) is 9.99. The molecule has 10 amide bonds. The van der Waals surface area contributed by atoms with E-state index >= 15 is 0 Å². The van der Waals surface area contributed by atoms with Crippen LogP contribution >= 0.6 is 0 Å². The number of hydrogen-bond donors (Lipinski definition) is 5. The third-order valence-electron chi connectivity index (χ3n) is 6.41. The number of nitrogens with two attached hydrogens (primary N) is 1. The summed E-state index contributed by atoms with van der Waals surface area (Å²) in [5.74, 6) is -5.65. The smallest absolute Gasteiger partial charge is 0.242 e. The molecule has 0 aliphatic heterocycles. The summed E-state index contributed by atoms with van der Waals surface area (Å²) in [6.45, 7) is 10.8. The molecule has 21 heteroatoms. The van der Waals surface area contributed by atoms with Crippen LogP contribution in [0.4, 0.5) is 0 Å². The third kappa shape index (κ3) is 29.3. The summed E-state index contributed by atoms with van der Waals surface area (Å²) in [6.07, 6.45) is 0.462. The molecule has 0 bridgehead atoms. The van der Waals surface area contributed by atoms with Crippen LogP contribution in [0.5, 0.6) is 0 Å². The topological polar surface area (TPSA) is 264 Å². The average molecular weight is 776 g/mol. The number of amides is 10. The van der Waals surface area contributed by atoms with Gasteiger partial charge in [0.25, 0.3) is 0 Å². The highest BCUT2D eigenvalue weighted by molar-refractivity contribution is 5.93. The van der Waals surface area contributed by atoms with E-state index in [0.717, 1.165) is 42.5 Å². The van der Waals surface area contributed by atoms with E-state index in [1.165, 1.54) is 42.3 Å². The van der Waals surface area contributed by atoms with E-state index in [-0.39, 0.29) is 26.2 Å². The van der Waals surface area contributed by atoms with E-state index in [1.54, 1.807) is 0 Å². The second kappa shape index (κ2) is 33.5. The van der Waals surface area contributed by atoms with Gasteiger partial charge in [-0.05, 0) is 13.1 Å². The number of nitrogens with one attached hydrogen (secondary N) is 4. The molecule has 0 saturated heterocycles. The molecule has 0 aliphatic carbocycles. The second-order valence-electron chi connectivity index (χ2n) is 11.0. The Kier molecular flexibility index (Phi) is 34.4. The van der Waals surface area contributed by atoms with Crippen LogP contribution in [0.25, 0.3) is 0 Å². The van der Waals surface area contributed by atoms with Gasteiger partial charge < -0.3 is 56.4 Å². The average Bonchev–Trinajstić information content (AvgIpc) is 3.13. The fourth-order valence-corrected chi connectivity index (χ4v) is 3.33. The summed E-state index contributed by atoms with van der Waals surface area (Å²) in [5.41, 5.74) is 4.93. The molecule has 0 fully saturated rings. The number of carbonyl (C=O) groups excluding carboxylic acids is 10. The Balaban J connectivity index is -0.00000125. The molecular formula is C33H65N11O10. The Bertz CT molecular complexity index is 1200. The first-order valence-electron chi connectivity index (χ1n) is 17.4. The zero-order valence-electron chi connectivity index (χ0n) is 34.2. The predicted molar refractivity (Wildman–Crippen MR) is 202 cm³/mol. The summed E-state index contributed by atoms with van der Waals surface area (Å²) in [7, 11) is 8.01. The standard InChI is InChI=1S/C25H42N10O10.C4H11N.2C2H6/c1-30(16-36)13-23(43)31(2)11-19(39)28-8-21(41)35(6)15-25(45)33(4)12-20(40)29-9-22(42)34(5)14-24(44)32(3)10-18(38)27-7-17(26)37;1-3-5-4-2;2*1-2/h16H,7-15H2,1-6H3,(H2,26,37)(H,27,38)(H,28,39)(H,29,40);5H,3-4H2,1-2H3;2*1-2H3. The van der Waals surface area contributed by atoms with Crippen molar-refractivity contribution in [2.75, 3.05) is 114 Å². The third-order valence-corrected chi connectivity index (χ3v) is 6.41. The first kappa shape index (κ1) is 55.4. The van der Waals surface area contributed by atoms with E-state index in [9.17, 15) is 47.9 Å². The van der Waals surface area contributed by atoms with Crippen LogP contribution in [0.3, 0.4) is 0 Å². The van der Waals surface area contributed by atoms with E-state index in [4.69, 9.17) is 5.73 Å². The molecular weight excluding hydrogens is 710 g/mol. The number of primary amides is 1. The highest BCUT2D eigenvalue weighted by atomic mass is 16.2. The maximum Gasteiger partial charge on any atom is 0.242 e. The van der Waals surface area contributed by atoms with Crippen LogP contribution in [0.1, 0.15) is 41.5 Å². The molecule has 0 unspecified atom stereocenters. The van der Waals surface area contributed by atoms with Crippen molar-refractivity contribution in [3.63, 3.8) is 0 Å². The van der Waals surface area contributed by atoms with Crippen molar-refractivity contribution in [1.82, 2.24) is 50.7 Å². The Morgan fingerprint density at radius 1 is 0.463 bits per heavy atom. The minimum Gasteiger partial charge on any atom is -0.368 e. The molecule has 0 radical (unpaired) electrons. The lowest BCUT2D eigenvalue weighted by molar-refractivity contribution is -0.141. The number of rotatable bonds is 21. The molecule has 0 spiro atoms. The first-order valence-corrected chi connectivity index (χ1v) is 17.4. The second-order valence-corrected chi connectivity index (χ2v) is 11.0. The van der Waals surface area contributed by atoms with Crippen molar-refractivity contribution in [3.05, 3.63) is 0 Å². The first-order chi connectivity index (χ1) is 25.3. The summed E-state index contributed by atoms with van der Waals surface area (Å²) < 4.78 is 0. The fraction of sp³-hybridized carbons (Fsp3) is 0.697. The Labute approximate surface area is 319 Å². The van der Waals surface area contributed by atoms with Gasteiger partial charge in [-0.3, -0.25) is 47.9 Å². The van der Waals surface area contributed by atoms with Gasteiger partial charge >= 0.3 is 0 Å². The van der Waals surface area contributed by atoms with Crippen LogP contribution < -0.4 is 27.0 Å². The van der Waals surface area contributed by atoms with Crippen LogP contribution in [0.2, 0.25) is 0 Å². The number of carbonyl (C=O) groups is 10. The summed E-state index contributed by atoms with van der Waals surface area (Å²) >= 11 is 0. The molecule has 0 aromatic heterocycles. The molecule has 0 rings (SSSR count). The number of hydrogen-bond acceptors (Lipinski definition) is 11. The highest BCUT2D eigenvalue weighted by Crippen LogP contribution is 1.94. The van der Waals surface area contributed by atoms with Gasteiger partial charge in [0.2, 0.25) is 59.6 Å². The number of likely N-dealkylation sites (N-methyl/N-ethyl adjacent to an activating group) is 6. The van der Waals surface area contributed by atoms with Gasteiger partial charge in [-0.25, -0.2) is 0 Å². The van der Waals surface area contributed by atoms with E-state index in [0.29, 0.717) is 6.41 Å². The predicted octanol–water partition coefficient (Wildman–Crippen LogP) is -4.13. The largest absolute Gasteiger partial charge is 0.368 e. The minimum absolute atomic E-state index is 0.222. The molecule has 54 heavy (non-hydrogen) atoms. The van der Waals surface area contributed by atoms with Gasteiger partial charge in [-0.1, -0.05) is 41.5 Å². The van der Waals surface area contributed by atoms with Crippen molar-refractivity contribution in [3.8, 4) is 0 Å². The van der Waals surface area contributed by atoms with E-state index in [2.05, 4.69) is 35.1 Å². The maximum absolute atomic E-state index is 12.5. The van der Waals surface area contributed by atoms with Crippen molar-refractivity contribution >= 4 is 59.6 Å². The Morgan fingerprint density at radius 3 is 1.00 bits per heavy atom. The maximum atomic E-state index is 12.5. The van der Waals surface area contributed by atoms with E-state index < -0.39 is 85.9 Å². The van der Waals surface area contributed by atoms with Crippen molar-refractivity contribution in [2.45, 2.75) is 41.5 Å². The van der Waals surface area contributed by atoms with Crippen LogP contribution in [0.15, 0.2) is 0 Å². The molecule has 6 N–H and O–H groups in total. The van der Waals surface area contributed by atoms with Gasteiger partial charge in [0.05, 0.1) is 58.9 Å². The lowest BCUT2D eigenvalue weighted by Gasteiger charge is -2.23. The van der Waals surface area contributed by atoms with Gasteiger partial charge in [0.15, 0.2) is 0 Å². The molecule has 21 nitrogen and oxygen atoms in total. The van der Waals surface area contributed by atoms with Crippen molar-refractivity contribution in [2.24, 2.45) is 5.73 Å². The van der Waals surface area contributed by atoms with Crippen LogP contribution in [-0.4, -0.2) is 203 Å². The Morgan fingerprint density at radius 2 is 0.741 bits per heavy atom. The quantitative estimate of drug-likeness (QED) is 0.0700. The SMILES string of the molecule is CC.CC.CCNCC.CN(C=O)CC(=O)N(C)CC(=O)NCC(=O)N(C)CC(=O)N(C)CC(=O)NCC(=O)N(C)CC(=O)N(C)CC(=O)NCC(N)=O. The van der Waals surface area contributed by atoms with Gasteiger partial charge in [-0.2, -0.15) is 0 Å². The van der Waals surface area contributed by atoms with Crippen molar-refractivity contribution in [1.29, 1.82) is 0 Å². The minimum atomic E-state index is -0.750. The fourth-order valence-electron chi connectivity index (χ4n) is 3.33. The summed E-state index contributed by atoms with van der Waals surface area (Å²) in [4.78, 5) is 125. The lowest BCUT2D eigenvalue weighted by atomic mass is 10.4. The molecule has 0 atom stereocenters. The van der Waals surface area contributed by atoms with E-state index in [1.807, 2.05) is 27.7 Å². The molecule has 0 aliphatic rings. The van der Waals surface area contributed by atoms with Gasteiger partial charge in [0.1, 0.15) is 0 Å². The molecule has 0 heterocycles. The zero-order chi connectivity index (χ0) is 43.0. The van der Waals surface area contributed by atoms with Crippen molar-refractivity contribution < 1.29 is 47.9 Å². The molecule has 0 aromatic rings. The monoisotopic (exact) mass is 775 g/mol. The van der Waals surface area contributed by atoms with Gasteiger partial charge in [0, 0.05) is 42.3 Å². The number of nitrogens with zero attached hydrogens (tertiary/aromatic N) is 6. The molecule has 0 aromatic carbocycles. The van der Waals surface area contributed by atoms with Crippen LogP contribution in [0, 0.1) is 0 Å². The zero-order valence-corrected chi connectivity index (χ0v) is 34.2. The molecule has 0 saturated carbocycles. The highest BCUT2D eigenvalue weighted by Gasteiger charge is 2.21. The molecule has 312 valence electrons.